The van der Waals surface area contributed by atoms with Crippen LogP contribution in [0.4, 0.5) is 0 Å². The fourth-order valence-electron chi connectivity index (χ4n) is 9.22. The Labute approximate surface area is 522 Å². The smallest absolute Gasteiger partial charge is 0.306 e. The van der Waals surface area contributed by atoms with E-state index in [9.17, 15) is 19.5 Å². The Bertz CT molecular complexity index is 1860. The number of carbonyl (C=O) groups is 3. The number of quaternary nitrogens is 1. The van der Waals surface area contributed by atoms with Crippen LogP contribution in [0.25, 0.3) is 0 Å². The van der Waals surface area contributed by atoms with Crippen LogP contribution in [0, 0.1) is 0 Å². The van der Waals surface area contributed by atoms with Crippen molar-refractivity contribution in [1.82, 2.24) is 0 Å². The van der Waals surface area contributed by atoms with Crippen molar-refractivity contribution in [3.8, 4) is 0 Å². The van der Waals surface area contributed by atoms with Crippen molar-refractivity contribution in [2.75, 3.05) is 47.5 Å². The predicted octanol–water partition coefficient (Wildman–Crippen LogP) is 20.0. The first-order valence-corrected chi connectivity index (χ1v) is 34.3. The van der Waals surface area contributed by atoms with Gasteiger partial charge in [-0.2, -0.15) is 0 Å². The number of esters is 2. The first-order chi connectivity index (χ1) is 41.6. The van der Waals surface area contributed by atoms with Gasteiger partial charge in [0, 0.05) is 12.8 Å². The Balaban J connectivity index is 4.05. The Hall–Kier alpha value is -4.57. The summed E-state index contributed by atoms with van der Waals surface area (Å²) >= 11 is 0. The number of hydrogen-bond acceptors (Lipinski definition) is 8. The van der Waals surface area contributed by atoms with Crippen LogP contribution in [0.3, 0.4) is 0 Å². The average Bonchev–Trinajstić information content (AvgIpc) is 3.49. The van der Waals surface area contributed by atoms with Crippen molar-refractivity contribution >= 4 is 17.9 Å². The molecule has 0 saturated carbocycles. The van der Waals surface area contributed by atoms with E-state index in [1.54, 1.807) is 0 Å². The number of unbranched alkanes of at least 4 members (excludes halogenated alkanes) is 25. The lowest BCUT2D eigenvalue weighted by atomic mass is 10.0. The summed E-state index contributed by atoms with van der Waals surface area (Å²) in [7, 11) is 5.92. The van der Waals surface area contributed by atoms with E-state index in [0.29, 0.717) is 17.4 Å². The Kier molecular flexibility index (Phi) is 61.9. The van der Waals surface area contributed by atoms with Crippen LogP contribution >= 0.6 is 0 Å². The Morgan fingerprint density at radius 3 is 0.941 bits per heavy atom. The molecule has 2 unspecified atom stereocenters. The standard InChI is InChI=1S/C76H127NO8/c1-6-8-10-12-14-16-18-20-22-24-26-27-28-29-30-31-32-33-34-35-36-37-38-39-40-41-42-43-44-45-46-47-49-51-53-55-57-59-61-63-65-67-74(79)85-72(71-84-76(75(80)81)82-69-68-77(3,4)5)70-83-73(78)66-64-62-60-58-56-54-52-50-48-25-23-21-19-17-15-13-11-9-7-2/h8-11,14-17,20-23,26-27,29-30,32-33,35-36,48,50,72,76H,6-7,12-13,18-19,24-25,28,31,34,37-47,49,51-71H2,1-5H3/b10-8-,11-9-,16-14-,17-15-,22-20-,23-21-,27-26-,30-29-,33-32-,36-35-,50-48-. The summed E-state index contributed by atoms with van der Waals surface area (Å²) in [6.45, 7) is 4.51. The molecule has 85 heavy (non-hydrogen) atoms. The second kappa shape index (κ2) is 65.4. The third kappa shape index (κ3) is 66.8. The number of carboxylic acids is 1. The number of carboxylic acid groups (broad SMARTS) is 1. The summed E-state index contributed by atoms with van der Waals surface area (Å²) in [5.41, 5.74) is 0. The first-order valence-electron chi connectivity index (χ1n) is 34.3. The first kappa shape index (κ1) is 80.4. The summed E-state index contributed by atoms with van der Waals surface area (Å²) in [6, 6.07) is 0. The molecule has 0 aliphatic rings. The van der Waals surface area contributed by atoms with Crippen LogP contribution in [0.1, 0.15) is 271 Å². The van der Waals surface area contributed by atoms with Gasteiger partial charge in [0.2, 0.25) is 0 Å². The van der Waals surface area contributed by atoms with Crippen LogP contribution in [0.5, 0.6) is 0 Å². The number of hydrogen-bond donors (Lipinski definition) is 0. The molecule has 0 radical (unpaired) electrons. The molecule has 0 aromatic carbocycles. The largest absolute Gasteiger partial charge is 0.545 e. The molecule has 0 amide bonds. The molecule has 0 saturated heterocycles. The molecule has 0 rings (SSSR count). The van der Waals surface area contributed by atoms with Gasteiger partial charge in [-0.25, -0.2) is 0 Å². The van der Waals surface area contributed by atoms with E-state index in [0.717, 1.165) is 135 Å². The van der Waals surface area contributed by atoms with E-state index < -0.39 is 24.3 Å². The van der Waals surface area contributed by atoms with Gasteiger partial charge in [-0.1, -0.05) is 282 Å². The molecule has 0 spiro atoms. The van der Waals surface area contributed by atoms with Gasteiger partial charge in [-0.3, -0.25) is 9.59 Å². The second-order valence-electron chi connectivity index (χ2n) is 23.7. The molecule has 9 nitrogen and oxygen atoms in total. The highest BCUT2D eigenvalue weighted by Gasteiger charge is 2.22. The maximum atomic E-state index is 12.9. The molecule has 484 valence electrons. The van der Waals surface area contributed by atoms with Crippen molar-refractivity contribution in [1.29, 1.82) is 0 Å². The quantitative estimate of drug-likeness (QED) is 0.0195. The number of likely N-dealkylation sites (N-methyl/N-ethyl adjacent to an activating group) is 1. The van der Waals surface area contributed by atoms with E-state index in [2.05, 4.69) is 148 Å². The van der Waals surface area contributed by atoms with Gasteiger partial charge in [0.1, 0.15) is 13.2 Å². The van der Waals surface area contributed by atoms with Gasteiger partial charge in [0.05, 0.1) is 40.3 Å². The molecule has 9 heteroatoms. The van der Waals surface area contributed by atoms with Crippen LogP contribution in [-0.4, -0.2) is 82.3 Å². The number of ether oxygens (including phenoxy) is 4. The number of rotatable bonds is 62. The fourth-order valence-corrected chi connectivity index (χ4v) is 9.22. The highest BCUT2D eigenvalue weighted by atomic mass is 16.7. The number of carbonyl (C=O) groups excluding carboxylic acids is 3. The predicted molar refractivity (Wildman–Crippen MR) is 361 cm³/mol. The number of nitrogens with zero attached hydrogens (tertiary/aromatic N) is 1. The third-order valence-corrected chi connectivity index (χ3v) is 14.4. The minimum atomic E-state index is -1.63. The molecule has 0 aromatic rings. The SMILES string of the molecule is CC/C=C\C/C=C\C/C=C\C/C=C\C/C=C\C/C=C\C/C=C\CCCCCCCCCCCCCCCCCCCCCC(=O)OC(COC(=O)CCCCCCCC/C=C\C/C=C\C/C=C\C/C=C\CC)COC(OCC[N+](C)(C)C)C(=O)[O-]. The zero-order chi connectivity index (χ0) is 61.9. The number of allylic oxidation sites excluding steroid dienone is 22. The van der Waals surface area contributed by atoms with E-state index in [1.165, 1.54) is 103 Å². The zero-order valence-corrected chi connectivity index (χ0v) is 55.2. The van der Waals surface area contributed by atoms with Crippen LogP contribution in [0.2, 0.25) is 0 Å². The lowest BCUT2D eigenvalue weighted by Crippen LogP contribution is -2.44. The van der Waals surface area contributed by atoms with Crippen LogP contribution < -0.4 is 5.11 Å². The number of aliphatic carboxylic acids is 1. The topological polar surface area (TPSA) is 111 Å². The van der Waals surface area contributed by atoms with Gasteiger partial charge in [0.15, 0.2) is 12.4 Å². The highest BCUT2D eigenvalue weighted by Crippen LogP contribution is 2.17. The van der Waals surface area contributed by atoms with Crippen molar-refractivity contribution in [3.63, 3.8) is 0 Å². The molecule has 2 atom stereocenters. The molecule has 0 heterocycles. The zero-order valence-electron chi connectivity index (χ0n) is 55.2. The maximum absolute atomic E-state index is 12.9. The van der Waals surface area contributed by atoms with Gasteiger partial charge in [-0.15, -0.1) is 0 Å². The molecule has 0 aliphatic carbocycles. The summed E-state index contributed by atoms with van der Waals surface area (Å²) in [5, 5.41) is 11.8. The Morgan fingerprint density at radius 1 is 0.353 bits per heavy atom. The second-order valence-corrected chi connectivity index (χ2v) is 23.7. The van der Waals surface area contributed by atoms with Gasteiger partial charge in [0.25, 0.3) is 0 Å². The summed E-state index contributed by atoms with van der Waals surface area (Å²) in [5.74, 6) is -2.30. The minimum absolute atomic E-state index is 0.141. The average molecular weight is 1180 g/mol. The minimum Gasteiger partial charge on any atom is -0.545 e. The van der Waals surface area contributed by atoms with Gasteiger partial charge >= 0.3 is 11.9 Å². The molecular weight excluding hydrogens is 1050 g/mol. The molecular formula is C76H127NO8. The van der Waals surface area contributed by atoms with Gasteiger partial charge in [-0.05, 0) is 109 Å². The van der Waals surface area contributed by atoms with Crippen molar-refractivity contribution in [3.05, 3.63) is 134 Å². The lowest BCUT2D eigenvalue weighted by Gasteiger charge is -2.26. The molecule has 0 aromatic heterocycles. The monoisotopic (exact) mass is 1180 g/mol. The van der Waals surface area contributed by atoms with E-state index in [1.807, 2.05) is 21.1 Å². The third-order valence-electron chi connectivity index (χ3n) is 14.4. The molecule has 0 fully saturated rings. The summed E-state index contributed by atoms with van der Waals surface area (Å²) in [6.07, 6.45) is 91.1. The summed E-state index contributed by atoms with van der Waals surface area (Å²) < 4.78 is 22.7. The molecule has 0 N–H and O–H groups in total. The Morgan fingerprint density at radius 2 is 0.635 bits per heavy atom. The normalized spacial score (nSPS) is 13.6. The van der Waals surface area contributed by atoms with Crippen molar-refractivity contribution in [2.45, 2.75) is 283 Å². The van der Waals surface area contributed by atoms with Crippen LogP contribution in [0.15, 0.2) is 134 Å². The van der Waals surface area contributed by atoms with E-state index >= 15 is 0 Å². The fraction of sp³-hybridized carbons (Fsp3) is 0.671. The molecule has 0 bridgehead atoms. The highest BCUT2D eigenvalue weighted by molar-refractivity contribution is 5.70. The van der Waals surface area contributed by atoms with E-state index in [4.69, 9.17) is 18.9 Å². The molecule has 0 aliphatic heterocycles. The van der Waals surface area contributed by atoms with Crippen molar-refractivity contribution < 1.29 is 42.9 Å². The maximum Gasteiger partial charge on any atom is 0.306 e. The van der Waals surface area contributed by atoms with Gasteiger partial charge < -0.3 is 33.3 Å². The van der Waals surface area contributed by atoms with E-state index in [-0.39, 0.29) is 38.6 Å². The summed E-state index contributed by atoms with van der Waals surface area (Å²) in [4.78, 5) is 37.4. The van der Waals surface area contributed by atoms with Crippen LogP contribution in [-0.2, 0) is 33.3 Å². The lowest BCUT2D eigenvalue weighted by molar-refractivity contribution is -0.870. The van der Waals surface area contributed by atoms with Crippen molar-refractivity contribution in [2.24, 2.45) is 0 Å².